The van der Waals surface area contributed by atoms with Crippen LogP contribution in [0.15, 0.2) is 30.3 Å². The Bertz CT molecular complexity index is 752. The minimum atomic E-state index is -4.43. The molecule has 0 spiro atoms. The molecule has 1 aromatic rings. The molecule has 2 heterocycles. The number of benzene rings is 1. The van der Waals surface area contributed by atoms with Crippen molar-refractivity contribution in [3.8, 4) is 0 Å². The van der Waals surface area contributed by atoms with Crippen molar-refractivity contribution in [2.24, 2.45) is 0 Å². The third-order valence-electron chi connectivity index (χ3n) is 5.11. The van der Waals surface area contributed by atoms with Crippen molar-refractivity contribution in [1.82, 2.24) is 15.1 Å². The second-order valence-electron chi connectivity index (χ2n) is 7.14. The van der Waals surface area contributed by atoms with Crippen molar-refractivity contribution >= 4 is 29.5 Å². The van der Waals surface area contributed by atoms with Crippen LogP contribution in [-0.2, 0) is 20.9 Å². The molecule has 0 radical (unpaired) electrons. The molecule has 0 aliphatic carbocycles. The molecule has 0 bridgehead atoms. The Balaban J connectivity index is 1.47. The summed E-state index contributed by atoms with van der Waals surface area (Å²) >= 11 is -0.358. The number of imide groups is 1. The zero-order valence-corrected chi connectivity index (χ0v) is 16.5. The standard InChI is InChI=1S/C19H22F3N3O3S/c20-19(21,22)29-12-16(26)23-14-6-8-24(9-7-14)15-10-17(27)25(18(15)28)11-13-4-2-1-3-5-13/h1-5,14-15H,6-12H2,(H,23,26)/t15-/m1/s1. The molecule has 0 unspecified atom stereocenters. The summed E-state index contributed by atoms with van der Waals surface area (Å²) < 4.78 is 36.5. The summed E-state index contributed by atoms with van der Waals surface area (Å²) in [6.45, 7) is 1.25. The van der Waals surface area contributed by atoms with Crippen molar-refractivity contribution in [2.45, 2.75) is 43.4 Å². The fraction of sp³-hybridized carbons (Fsp3) is 0.526. The molecule has 3 amide bonds. The minimum absolute atomic E-state index is 0.130. The number of carbonyl (C=O) groups excluding carboxylic acids is 3. The molecule has 0 aromatic heterocycles. The van der Waals surface area contributed by atoms with Crippen LogP contribution in [-0.4, -0.2) is 64.0 Å². The van der Waals surface area contributed by atoms with E-state index in [2.05, 4.69) is 5.32 Å². The number of alkyl halides is 3. The van der Waals surface area contributed by atoms with Gasteiger partial charge in [-0.2, -0.15) is 13.2 Å². The molecule has 2 aliphatic heterocycles. The lowest BCUT2D eigenvalue weighted by atomic mass is 10.0. The maximum absolute atomic E-state index is 12.7. The molecule has 1 aromatic carbocycles. The van der Waals surface area contributed by atoms with E-state index in [9.17, 15) is 27.6 Å². The van der Waals surface area contributed by atoms with Gasteiger partial charge in [0.15, 0.2) is 0 Å². The van der Waals surface area contributed by atoms with Crippen LogP contribution < -0.4 is 5.32 Å². The summed E-state index contributed by atoms with van der Waals surface area (Å²) in [5, 5.41) is 2.62. The molecule has 10 heteroatoms. The maximum Gasteiger partial charge on any atom is 0.442 e. The zero-order chi connectivity index (χ0) is 21.0. The zero-order valence-electron chi connectivity index (χ0n) is 15.7. The van der Waals surface area contributed by atoms with E-state index < -0.39 is 23.2 Å². The number of amides is 3. The molecule has 2 aliphatic rings. The third kappa shape index (κ3) is 5.96. The molecule has 0 saturated carbocycles. The van der Waals surface area contributed by atoms with Crippen molar-refractivity contribution in [3.05, 3.63) is 35.9 Å². The largest absolute Gasteiger partial charge is 0.442 e. The van der Waals surface area contributed by atoms with E-state index in [-0.39, 0.29) is 42.6 Å². The fourth-order valence-corrected chi connectivity index (χ4v) is 4.03. The number of halogens is 3. The van der Waals surface area contributed by atoms with Gasteiger partial charge >= 0.3 is 5.51 Å². The molecule has 29 heavy (non-hydrogen) atoms. The van der Waals surface area contributed by atoms with Crippen LogP contribution in [0.2, 0.25) is 0 Å². The van der Waals surface area contributed by atoms with Gasteiger partial charge in [0, 0.05) is 19.1 Å². The summed E-state index contributed by atoms with van der Waals surface area (Å²) in [4.78, 5) is 39.9. The van der Waals surface area contributed by atoms with Gasteiger partial charge in [-0.25, -0.2) is 0 Å². The summed E-state index contributed by atoms with van der Waals surface area (Å²) in [6.07, 6.45) is 1.18. The molecular weight excluding hydrogens is 407 g/mol. The van der Waals surface area contributed by atoms with Crippen LogP contribution in [0, 0.1) is 0 Å². The lowest BCUT2D eigenvalue weighted by Gasteiger charge is -2.35. The predicted molar refractivity (Wildman–Crippen MR) is 102 cm³/mol. The Morgan fingerprint density at radius 2 is 1.79 bits per heavy atom. The Morgan fingerprint density at radius 3 is 2.41 bits per heavy atom. The highest BCUT2D eigenvalue weighted by atomic mass is 32.2. The highest BCUT2D eigenvalue weighted by Gasteiger charge is 2.42. The quantitative estimate of drug-likeness (QED) is 0.702. The molecule has 2 fully saturated rings. The smallest absolute Gasteiger partial charge is 0.353 e. The third-order valence-corrected chi connectivity index (χ3v) is 5.84. The first-order valence-corrected chi connectivity index (χ1v) is 10.3. The van der Waals surface area contributed by atoms with E-state index >= 15 is 0 Å². The molecule has 1 atom stereocenters. The number of piperidine rings is 1. The van der Waals surface area contributed by atoms with Gasteiger partial charge in [0.1, 0.15) is 0 Å². The SMILES string of the molecule is O=C(CSC(F)(F)F)NC1CCN([C@@H]2CC(=O)N(Cc3ccccc3)C2=O)CC1. The summed E-state index contributed by atoms with van der Waals surface area (Å²) in [5.41, 5.74) is -3.55. The Hall–Kier alpha value is -2.07. The van der Waals surface area contributed by atoms with Crippen LogP contribution >= 0.6 is 11.8 Å². The van der Waals surface area contributed by atoms with Gasteiger partial charge in [-0.3, -0.25) is 24.2 Å². The number of rotatable bonds is 6. The van der Waals surface area contributed by atoms with Crippen LogP contribution in [0.1, 0.15) is 24.8 Å². The molecule has 3 rings (SSSR count). The summed E-state index contributed by atoms with van der Waals surface area (Å²) in [7, 11) is 0. The van der Waals surface area contributed by atoms with Crippen LogP contribution in [0.5, 0.6) is 0 Å². The van der Waals surface area contributed by atoms with E-state index in [1.807, 2.05) is 35.2 Å². The van der Waals surface area contributed by atoms with Gasteiger partial charge in [-0.1, -0.05) is 30.3 Å². The van der Waals surface area contributed by atoms with Gasteiger partial charge in [0.2, 0.25) is 17.7 Å². The number of nitrogens with zero attached hydrogens (tertiary/aromatic N) is 2. The van der Waals surface area contributed by atoms with Gasteiger partial charge in [-0.05, 0) is 30.2 Å². The van der Waals surface area contributed by atoms with Crippen molar-refractivity contribution in [2.75, 3.05) is 18.8 Å². The number of hydrogen-bond donors (Lipinski definition) is 1. The van der Waals surface area contributed by atoms with Gasteiger partial charge in [-0.15, -0.1) is 0 Å². The Labute approximate surface area is 170 Å². The predicted octanol–water partition coefficient (Wildman–Crippen LogP) is 2.15. The van der Waals surface area contributed by atoms with Crippen molar-refractivity contribution < 1.29 is 27.6 Å². The summed E-state index contributed by atoms with van der Waals surface area (Å²) in [5.74, 6) is -1.73. The second kappa shape index (κ2) is 9.17. The summed E-state index contributed by atoms with van der Waals surface area (Å²) in [6, 6.07) is 8.56. The van der Waals surface area contributed by atoms with Gasteiger partial charge in [0.05, 0.1) is 24.8 Å². The van der Waals surface area contributed by atoms with Crippen LogP contribution in [0.4, 0.5) is 13.2 Å². The fourth-order valence-electron chi connectivity index (χ4n) is 3.66. The molecule has 1 N–H and O–H groups in total. The number of likely N-dealkylation sites (tertiary alicyclic amines) is 2. The molecule has 2 saturated heterocycles. The van der Waals surface area contributed by atoms with Crippen LogP contribution in [0.3, 0.4) is 0 Å². The average molecular weight is 429 g/mol. The van der Waals surface area contributed by atoms with Crippen LogP contribution in [0.25, 0.3) is 0 Å². The van der Waals surface area contributed by atoms with Gasteiger partial charge < -0.3 is 5.32 Å². The molecule has 6 nitrogen and oxygen atoms in total. The highest BCUT2D eigenvalue weighted by Crippen LogP contribution is 2.30. The first-order valence-electron chi connectivity index (χ1n) is 9.35. The van der Waals surface area contributed by atoms with E-state index in [1.54, 1.807) is 0 Å². The van der Waals surface area contributed by atoms with E-state index in [0.29, 0.717) is 25.9 Å². The number of carbonyl (C=O) groups is 3. The molecule has 158 valence electrons. The van der Waals surface area contributed by atoms with Crippen molar-refractivity contribution in [3.63, 3.8) is 0 Å². The lowest BCUT2D eigenvalue weighted by Crippen LogP contribution is -2.50. The topological polar surface area (TPSA) is 69.7 Å². The van der Waals surface area contributed by atoms with Crippen molar-refractivity contribution in [1.29, 1.82) is 0 Å². The Morgan fingerprint density at radius 1 is 1.14 bits per heavy atom. The normalized spacial score (nSPS) is 21.6. The molecular formula is C19H22F3N3O3S. The number of thioether (sulfide) groups is 1. The van der Waals surface area contributed by atoms with Gasteiger partial charge in [0.25, 0.3) is 0 Å². The average Bonchev–Trinajstić information content (AvgIpc) is 2.96. The highest BCUT2D eigenvalue weighted by molar-refractivity contribution is 8.00. The number of nitrogens with one attached hydrogen (secondary N) is 1. The maximum atomic E-state index is 12.7. The number of hydrogen-bond acceptors (Lipinski definition) is 5. The van der Waals surface area contributed by atoms with E-state index in [1.165, 1.54) is 4.90 Å². The minimum Gasteiger partial charge on any atom is -0.353 e. The van der Waals surface area contributed by atoms with E-state index in [4.69, 9.17) is 0 Å². The first kappa shape index (κ1) is 21.6. The van der Waals surface area contributed by atoms with E-state index in [0.717, 1.165) is 5.56 Å². The Kier molecular flexibility index (Phi) is 6.84. The second-order valence-corrected chi connectivity index (χ2v) is 8.18. The lowest BCUT2D eigenvalue weighted by molar-refractivity contribution is -0.140. The monoisotopic (exact) mass is 429 g/mol. The first-order chi connectivity index (χ1) is 13.7.